The van der Waals surface area contributed by atoms with E-state index in [1.807, 2.05) is 31.2 Å². The van der Waals surface area contributed by atoms with Gasteiger partial charge in [0.25, 0.3) is 0 Å². The molecule has 0 saturated carbocycles. The van der Waals surface area contributed by atoms with Crippen molar-refractivity contribution in [1.82, 2.24) is 5.32 Å². The highest BCUT2D eigenvalue weighted by Gasteiger charge is 2.00. The molecule has 0 heterocycles. The van der Waals surface area contributed by atoms with Gasteiger partial charge in [0, 0.05) is 6.42 Å². The van der Waals surface area contributed by atoms with Crippen molar-refractivity contribution in [1.29, 1.82) is 0 Å². The Hall–Kier alpha value is -1.35. The van der Waals surface area contributed by atoms with Gasteiger partial charge in [-0.05, 0) is 31.7 Å². The number of benzene rings is 1. The number of likely N-dealkylation sites (N-methyl/N-ethyl adjacent to an activating group) is 1. The first kappa shape index (κ1) is 11.7. The number of aryl methyl sites for hydroxylation is 1. The average Bonchev–Trinajstić information content (AvgIpc) is 2.18. The molecule has 3 nitrogen and oxygen atoms in total. The van der Waals surface area contributed by atoms with Crippen LogP contribution in [-0.4, -0.2) is 26.0 Å². The van der Waals surface area contributed by atoms with Crippen LogP contribution in [0.15, 0.2) is 24.3 Å². The number of nitrogens with one attached hydrogen (secondary N) is 1. The number of ketones is 1. The van der Waals surface area contributed by atoms with Crippen molar-refractivity contribution in [2.24, 2.45) is 0 Å². The van der Waals surface area contributed by atoms with Gasteiger partial charge in [-0.25, -0.2) is 0 Å². The molecule has 0 aromatic heterocycles. The monoisotopic (exact) mass is 207 g/mol. The highest BCUT2D eigenvalue weighted by Crippen LogP contribution is 2.12. The Morgan fingerprint density at radius 2 is 2.27 bits per heavy atom. The van der Waals surface area contributed by atoms with Gasteiger partial charge in [-0.2, -0.15) is 0 Å². The van der Waals surface area contributed by atoms with E-state index in [0.717, 1.165) is 11.3 Å². The zero-order valence-electron chi connectivity index (χ0n) is 9.25. The van der Waals surface area contributed by atoms with Crippen molar-refractivity contribution in [2.45, 2.75) is 13.3 Å². The Balaban J connectivity index is 2.28. The van der Waals surface area contributed by atoms with Gasteiger partial charge >= 0.3 is 0 Å². The SMILES string of the molecule is CNCC(=O)CCOc1cccc(C)c1. The third-order valence-corrected chi connectivity index (χ3v) is 2.01. The van der Waals surface area contributed by atoms with Crippen molar-refractivity contribution in [3.63, 3.8) is 0 Å². The normalized spacial score (nSPS) is 10.0. The van der Waals surface area contributed by atoms with Gasteiger partial charge in [0.15, 0.2) is 0 Å². The predicted molar refractivity (Wildman–Crippen MR) is 60.2 cm³/mol. The van der Waals surface area contributed by atoms with Gasteiger partial charge in [0.2, 0.25) is 0 Å². The van der Waals surface area contributed by atoms with Gasteiger partial charge in [-0.1, -0.05) is 12.1 Å². The first-order valence-electron chi connectivity index (χ1n) is 5.08. The summed E-state index contributed by atoms with van der Waals surface area (Å²) in [6, 6.07) is 7.82. The molecular formula is C12H17NO2. The molecule has 0 unspecified atom stereocenters. The third-order valence-electron chi connectivity index (χ3n) is 2.01. The van der Waals surface area contributed by atoms with Crippen molar-refractivity contribution in [3.05, 3.63) is 29.8 Å². The number of hydrogen-bond donors (Lipinski definition) is 1. The van der Waals surface area contributed by atoms with Crippen LogP contribution in [0.4, 0.5) is 0 Å². The minimum absolute atomic E-state index is 0.171. The van der Waals surface area contributed by atoms with Crippen LogP contribution in [0.3, 0.4) is 0 Å². The number of hydrogen-bond acceptors (Lipinski definition) is 3. The Morgan fingerprint density at radius 1 is 1.47 bits per heavy atom. The summed E-state index contributed by atoms with van der Waals surface area (Å²) in [7, 11) is 1.76. The largest absolute Gasteiger partial charge is 0.493 e. The van der Waals surface area contributed by atoms with E-state index in [4.69, 9.17) is 4.74 Å². The molecule has 0 amide bonds. The minimum atomic E-state index is 0.171. The lowest BCUT2D eigenvalue weighted by atomic mass is 10.2. The lowest BCUT2D eigenvalue weighted by molar-refractivity contribution is -0.118. The third kappa shape index (κ3) is 4.61. The predicted octanol–water partition coefficient (Wildman–Crippen LogP) is 1.55. The number of carbonyl (C=O) groups is 1. The van der Waals surface area contributed by atoms with Crippen molar-refractivity contribution in [2.75, 3.05) is 20.2 Å². The first-order chi connectivity index (χ1) is 7.22. The smallest absolute Gasteiger partial charge is 0.149 e. The quantitative estimate of drug-likeness (QED) is 0.769. The summed E-state index contributed by atoms with van der Waals surface area (Å²) in [5.74, 6) is 0.998. The topological polar surface area (TPSA) is 38.3 Å². The maximum Gasteiger partial charge on any atom is 0.149 e. The van der Waals surface area contributed by atoms with Crippen LogP contribution in [0.25, 0.3) is 0 Å². The summed E-state index contributed by atoms with van der Waals surface area (Å²) in [4.78, 5) is 11.2. The molecule has 1 aromatic carbocycles. The Labute approximate surface area is 90.4 Å². The summed E-state index contributed by atoms with van der Waals surface area (Å²) in [5.41, 5.74) is 1.16. The molecule has 0 aliphatic carbocycles. The summed E-state index contributed by atoms with van der Waals surface area (Å²) in [6.07, 6.45) is 0.453. The summed E-state index contributed by atoms with van der Waals surface area (Å²) in [5, 5.41) is 2.82. The maximum absolute atomic E-state index is 11.2. The van der Waals surface area contributed by atoms with Gasteiger partial charge in [0.1, 0.15) is 11.5 Å². The molecule has 0 aliphatic rings. The average molecular weight is 207 g/mol. The number of ether oxygens (including phenoxy) is 1. The van der Waals surface area contributed by atoms with E-state index in [1.54, 1.807) is 7.05 Å². The van der Waals surface area contributed by atoms with Crippen molar-refractivity contribution < 1.29 is 9.53 Å². The van der Waals surface area contributed by atoms with Crippen LogP contribution in [0.1, 0.15) is 12.0 Å². The molecule has 0 radical (unpaired) electrons. The molecule has 0 fully saturated rings. The molecule has 0 bridgehead atoms. The zero-order valence-corrected chi connectivity index (χ0v) is 9.25. The lowest BCUT2D eigenvalue weighted by Crippen LogP contribution is -2.20. The lowest BCUT2D eigenvalue weighted by Gasteiger charge is -2.05. The Morgan fingerprint density at radius 3 is 2.93 bits per heavy atom. The fourth-order valence-corrected chi connectivity index (χ4v) is 1.27. The van der Waals surface area contributed by atoms with E-state index < -0.39 is 0 Å². The Kier molecular flexibility index (Phi) is 4.84. The molecule has 82 valence electrons. The highest BCUT2D eigenvalue weighted by molar-refractivity contribution is 5.80. The zero-order chi connectivity index (χ0) is 11.1. The Bertz CT molecular complexity index is 323. The number of carbonyl (C=O) groups excluding carboxylic acids is 1. The summed E-state index contributed by atoms with van der Waals surface area (Å²) >= 11 is 0. The van der Waals surface area contributed by atoms with Crippen molar-refractivity contribution >= 4 is 5.78 Å². The molecular weight excluding hydrogens is 190 g/mol. The number of Topliss-reactive ketones (excluding diaryl/α,β-unsaturated/α-hetero) is 1. The van der Waals surface area contributed by atoms with Crippen LogP contribution in [0.5, 0.6) is 5.75 Å². The fourth-order valence-electron chi connectivity index (χ4n) is 1.27. The second-order valence-corrected chi connectivity index (χ2v) is 3.48. The fraction of sp³-hybridized carbons (Fsp3) is 0.417. The molecule has 3 heteroatoms. The van der Waals surface area contributed by atoms with E-state index >= 15 is 0 Å². The molecule has 0 saturated heterocycles. The van der Waals surface area contributed by atoms with Crippen LogP contribution in [0.2, 0.25) is 0 Å². The maximum atomic E-state index is 11.2. The van der Waals surface area contributed by atoms with Crippen LogP contribution in [0, 0.1) is 6.92 Å². The van der Waals surface area contributed by atoms with E-state index in [-0.39, 0.29) is 5.78 Å². The molecule has 15 heavy (non-hydrogen) atoms. The van der Waals surface area contributed by atoms with E-state index in [9.17, 15) is 4.79 Å². The van der Waals surface area contributed by atoms with Gasteiger partial charge in [-0.15, -0.1) is 0 Å². The summed E-state index contributed by atoms with van der Waals surface area (Å²) < 4.78 is 5.46. The van der Waals surface area contributed by atoms with Crippen LogP contribution >= 0.6 is 0 Å². The minimum Gasteiger partial charge on any atom is -0.493 e. The second-order valence-electron chi connectivity index (χ2n) is 3.48. The van der Waals surface area contributed by atoms with Gasteiger partial charge < -0.3 is 10.1 Å². The highest BCUT2D eigenvalue weighted by atomic mass is 16.5. The van der Waals surface area contributed by atoms with E-state index in [0.29, 0.717) is 19.6 Å². The molecule has 1 rings (SSSR count). The van der Waals surface area contributed by atoms with Gasteiger partial charge in [0.05, 0.1) is 13.2 Å². The van der Waals surface area contributed by atoms with E-state index in [1.165, 1.54) is 0 Å². The molecule has 0 aliphatic heterocycles. The van der Waals surface area contributed by atoms with E-state index in [2.05, 4.69) is 5.32 Å². The molecule has 1 aromatic rings. The van der Waals surface area contributed by atoms with Crippen LogP contribution in [-0.2, 0) is 4.79 Å². The molecule has 0 spiro atoms. The first-order valence-corrected chi connectivity index (χ1v) is 5.08. The van der Waals surface area contributed by atoms with Crippen LogP contribution < -0.4 is 10.1 Å². The molecule has 1 N–H and O–H groups in total. The van der Waals surface area contributed by atoms with Crippen molar-refractivity contribution in [3.8, 4) is 5.75 Å². The number of rotatable bonds is 6. The molecule has 0 atom stereocenters. The second kappa shape index (κ2) is 6.19. The van der Waals surface area contributed by atoms with Gasteiger partial charge in [-0.3, -0.25) is 4.79 Å². The summed E-state index contributed by atoms with van der Waals surface area (Å²) in [6.45, 7) is 2.88. The standard InChI is InChI=1S/C12H17NO2/c1-10-4-3-5-12(8-10)15-7-6-11(14)9-13-2/h3-5,8,13H,6-7,9H2,1-2H3.